The number of benzene rings is 3. The summed E-state index contributed by atoms with van der Waals surface area (Å²) < 4.78 is 0. The van der Waals surface area contributed by atoms with Crippen LogP contribution in [-0.4, -0.2) is 14.1 Å². The first-order valence-corrected chi connectivity index (χ1v) is 10.5. The van der Waals surface area contributed by atoms with E-state index in [9.17, 15) is 0 Å². The average Bonchev–Trinajstić information content (AvgIpc) is 2.92. The van der Waals surface area contributed by atoms with E-state index in [1.54, 1.807) is 0 Å². The van der Waals surface area contributed by atoms with Gasteiger partial charge in [0.25, 0.3) is 0 Å². The van der Waals surface area contributed by atoms with Gasteiger partial charge >= 0.3 is 0 Å². The minimum absolute atomic E-state index is 0.0243. The lowest BCUT2D eigenvalue weighted by Gasteiger charge is -2.29. The molecule has 1 heterocycles. The van der Waals surface area contributed by atoms with Crippen molar-refractivity contribution in [3.63, 3.8) is 0 Å². The molecule has 2 heteroatoms. The van der Waals surface area contributed by atoms with Crippen LogP contribution in [0.15, 0.2) is 72.4 Å². The zero-order chi connectivity index (χ0) is 20.8. The van der Waals surface area contributed by atoms with Crippen molar-refractivity contribution in [2.45, 2.75) is 44.9 Å². The molecule has 0 saturated heterocycles. The highest BCUT2D eigenvalue weighted by molar-refractivity contribution is 5.94. The second-order valence-corrected chi connectivity index (χ2v) is 9.34. The minimum atomic E-state index is -0.0243. The highest BCUT2D eigenvalue weighted by Gasteiger charge is 2.40. The number of nitrogens with one attached hydrogen (secondary N) is 1. The number of hydrogen-bond donors (Lipinski definition) is 1. The van der Waals surface area contributed by atoms with Gasteiger partial charge < -0.3 is 10.2 Å². The monoisotopic (exact) mass is 384 g/mol. The van der Waals surface area contributed by atoms with Gasteiger partial charge in [0.15, 0.2) is 0 Å². The molecule has 1 aliphatic heterocycles. The zero-order valence-electron chi connectivity index (χ0n) is 18.5. The molecule has 1 aliphatic rings. The fourth-order valence-corrected chi connectivity index (χ4v) is 5.02. The van der Waals surface area contributed by atoms with Crippen molar-refractivity contribution in [2.75, 3.05) is 24.3 Å². The van der Waals surface area contributed by atoms with E-state index in [0.717, 1.165) is 6.42 Å². The maximum Gasteiger partial charge on any atom is 0.0454 e. The highest BCUT2D eigenvalue weighted by atomic mass is 15.2. The molecule has 0 aromatic heterocycles. The topological polar surface area (TPSA) is 15.3 Å². The Kier molecular flexibility index (Phi) is 4.69. The van der Waals surface area contributed by atoms with E-state index in [1.165, 1.54) is 39.0 Å². The fourth-order valence-electron chi connectivity index (χ4n) is 5.02. The van der Waals surface area contributed by atoms with Crippen molar-refractivity contribution in [3.8, 4) is 0 Å². The largest absolute Gasteiger partial charge is 0.388 e. The van der Waals surface area contributed by atoms with E-state index in [4.69, 9.17) is 0 Å². The Labute approximate surface area is 175 Å². The van der Waals surface area contributed by atoms with Crippen LogP contribution in [0.4, 0.5) is 11.4 Å². The number of fused-ring (bicyclic) bond motifs is 3. The molecule has 0 amide bonds. The van der Waals surface area contributed by atoms with Gasteiger partial charge in [0.1, 0.15) is 0 Å². The van der Waals surface area contributed by atoms with E-state index in [1.807, 2.05) is 7.05 Å². The zero-order valence-corrected chi connectivity index (χ0v) is 18.5. The third-order valence-electron chi connectivity index (χ3n) is 6.63. The summed E-state index contributed by atoms with van der Waals surface area (Å²) in [5, 5.41) is 6.04. The van der Waals surface area contributed by atoms with E-state index >= 15 is 0 Å². The summed E-state index contributed by atoms with van der Waals surface area (Å²) in [7, 11) is 4.21. The summed E-state index contributed by atoms with van der Waals surface area (Å²) in [6.07, 6.45) is 3.45. The predicted molar refractivity (Wildman–Crippen MR) is 127 cm³/mol. The molecule has 0 atom stereocenters. The SMILES string of the molecule is CNc1ccccc1C(C)(C)C/C=C1/N(C)c2ccc3ccccc3c2C1(C)C. The van der Waals surface area contributed by atoms with Crippen LogP contribution >= 0.6 is 0 Å². The molecule has 3 aromatic carbocycles. The van der Waals surface area contributed by atoms with E-state index in [-0.39, 0.29) is 10.8 Å². The van der Waals surface area contributed by atoms with Crippen LogP contribution in [0.2, 0.25) is 0 Å². The molecule has 1 N–H and O–H groups in total. The molecule has 2 nitrogen and oxygen atoms in total. The molecular weight excluding hydrogens is 352 g/mol. The third kappa shape index (κ3) is 3.11. The normalized spacial score (nSPS) is 17.0. The van der Waals surface area contributed by atoms with Crippen LogP contribution in [0, 0.1) is 0 Å². The summed E-state index contributed by atoms with van der Waals surface area (Å²) in [6.45, 7) is 9.40. The predicted octanol–water partition coefficient (Wildman–Crippen LogP) is 6.86. The summed E-state index contributed by atoms with van der Waals surface area (Å²) in [6, 6.07) is 21.9. The lowest BCUT2D eigenvalue weighted by Crippen LogP contribution is -2.25. The average molecular weight is 385 g/mol. The van der Waals surface area contributed by atoms with Crippen LogP contribution in [0.1, 0.15) is 45.2 Å². The lowest BCUT2D eigenvalue weighted by molar-refractivity contribution is 0.527. The van der Waals surface area contributed by atoms with Crippen LogP contribution in [-0.2, 0) is 10.8 Å². The van der Waals surface area contributed by atoms with Gasteiger partial charge in [-0.05, 0) is 45.9 Å². The summed E-state index contributed by atoms with van der Waals surface area (Å²) >= 11 is 0. The van der Waals surface area contributed by atoms with E-state index in [0.29, 0.717) is 0 Å². The molecule has 0 saturated carbocycles. The summed E-state index contributed by atoms with van der Waals surface area (Å²) in [4.78, 5) is 2.39. The molecule has 150 valence electrons. The third-order valence-corrected chi connectivity index (χ3v) is 6.63. The molecule has 0 fully saturated rings. The van der Waals surface area contributed by atoms with Crippen molar-refractivity contribution < 1.29 is 0 Å². The first-order chi connectivity index (χ1) is 13.8. The van der Waals surface area contributed by atoms with Gasteiger partial charge in [0.05, 0.1) is 0 Å². The molecular formula is C27H32N2. The standard InChI is InChI=1S/C27H32N2/c1-26(2,21-13-9-10-14-22(21)28-5)18-17-24-27(3,4)25-20-12-8-7-11-19(20)15-16-23(25)29(24)6/h7-17,28H,18H2,1-6H3/b24-17+. The van der Waals surface area contributed by atoms with Crippen LogP contribution in [0.3, 0.4) is 0 Å². The summed E-state index contributed by atoms with van der Waals surface area (Å²) in [5.74, 6) is 0. The number of nitrogens with zero attached hydrogens (tertiary/aromatic N) is 1. The number of anilines is 2. The van der Waals surface area contributed by atoms with Gasteiger partial charge in [-0.1, -0.05) is 82.3 Å². The number of para-hydroxylation sites is 1. The van der Waals surface area contributed by atoms with Gasteiger partial charge in [-0.2, -0.15) is 0 Å². The van der Waals surface area contributed by atoms with Crippen molar-refractivity contribution in [2.24, 2.45) is 0 Å². The molecule has 29 heavy (non-hydrogen) atoms. The smallest absolute Gasteiger partial charge is 0.0454 e. The van der Waals surface area contributed by atoms with Gasteiger partial charge in [-0.3, -0.25) is 0 Å². The molecule has 3 aromatic rings. The lowest BCUT2D eigenvalue weighted by atomic mass is 9.77. The Morgan fingerprint density at radius 1 is 0.966 bits per heavy atom. The van der Waals surface area contributed by atoms with E-state index < -0.39 is 0 Å². The Morgan fingerprint density at radius 3 is 2.41 bits per heavy atom. The van der Waals surface area contributed by atoms with Gasteiger partial charge in [0.2, 0.25) is 0 Å². The molecule has 0 bridgehead atoms. The van der Waals surface area contributed by atoms with Crippen molar-refractivity contribution in [1.82, 2.24) is 0 Å². The molecule has 0 aliphatic carbocycles. The molecule has 0 radical (unpaired) electrons. The van der Waals surface area contributed by atoms with Crippen molar-refractivity contribution >= 4 is 22.1 Å². The van der Waals surface area contributed by atoms with Crippen LogP contribution in [0.25, 0.3) is 10.8 Å². The maximum absolute atomic E-state index is 3.36. The van der Waals surface area contributed by atoms with Crippen LogP contribution in [0.5, 0.6) is 0 Å². The Morgan fingerprint density at radius 2 is 1.66 bits per heavy atom. The van der Waals surface area contributed by atoms with Crippen molar-refractivity contribution in [1.29, 1.82) is 0 Å². The molecule has 4 rings (SSSR count). The van der Waals surface area contributed by atoms with Gasteiger partial charge in [0, 0.05) is 36.6 Å². The maximum atomic E-state index is 3.36. The van der Waals surface area contributed by atoms with Gasteiger partial charge in [-0.25, -0.2) is 0 Å². The molecule has 0 unspecified atom stereocenters. The fraction of sp³-hybridized carbons (Fsp3) is 0.333. The number of likely N-dealkylation sites (N-methyl/N-ethyl adjacent to an activating group) is 1. The number of allylic oxidation sites excluding steroid dienone is 2. The molecule has 0 spiro atoms. The Balaban J connectivity index is 1.75. The van der Waals surface area contributed by atoms with Crippen molar-refractivity contribution in [3.05, 3.63) is 83.6 Å². The first kappa shape index (κ1) is 19.6. The highest BCUT2D eigenvalue weighted by Crippen LogP contribution is 2.50. The second kappa shape index (κ2) is 6.95. The Bertz CT molecular complexity index is 1090. The second-order valence-electron chi connectivity index (χ2n) is 9.34. The number of hydrogen-bond acceptors (Lipinski definition) is 2. The van der Waals surface area contributed by atoms with Gasteiger partial charge in [-0.15, -0.1) is 0 Å². The number of rotatable bonds is 4. The Hall–Kier alpha value is -2.74. The summed E-state index contributed by atoms with van der Waals surface area (Å²) in [5.41, 5.74) is 6.75. The van der Waals surface area contributed by atoms with Crippen LogP contribution < -0.4 is 10.2 Å². The quantitative estimate of drug-likeness (QED) is 0.528. The minimum Gasteiger partial charge on any atom is -0.388 e. The first-order valence-electron chi connectivity index (χ1n) is 10.5. The van der Waals surface area contributed by atoms with E-state index in [2.05, 4.69) is 112 Å².